The molecule has 32 heavy (non-hydrogen) atoms. The third kappa shape index (κ3) is 5.53. The second-order valence-electron chi connectivity index (χ2n) is 7.02. The van der Waals surface area contributed by atoms with E-state index in [1.807, 2.05) is 0 Å². The van der Waals surface area contributed by atoms with Crippen molar-refractivity contribution in [3.05, 3.63) is 46.0 Å². The number of nitro groups is 1. The van der Waals surface area contributed by atoms with Gasteiger partial charge in [-0.2, -0.15) is 20.1 Å². The summed E-state index contributed by atoms with van der Waals surface area (Å²) >= 11 is 0. The van der Waals surface area contributed by atoms with Gasteiger partial charge in [-0.15, -0.1) is 0 Å². The van der Waals surface area contributed by atoms with Crippen molar-refractivity contribution in [1.82, 2.24) is 15.0 Å². The zero-order valence-corrected chi connectivity index (χ0v) is 17.5. The molecule has 168 valence electrons. The van der Waals surface area contributed by atoms with Crippen LogP contribution in [-0.2, 0) is 9.47 Å². The number of hydrazone groups is 1. The van der Waals surface area contributed by atoms with Crippen molar-refractivity contribution in [3.8, 4) is 0 Å². The Bertz CT molecular complexity index is 951. The smallest absolute Gasteiger partial charge is 0.276 e. The fourth-order valence-corrected chi connectivity index (χ4v) is 3.29. The highest BCUT2D eigenvalue weighted by molar-refractivity contribution is 5.80. The Morgan fingerprint density at radius 1 is 0.969 bits per heavy atom. The maximum absolute atomic E-state index is 11.1. The highest BCUT2D eigenvalue weighted by Gasteiger charge is 2.20. The lowest BCUT2D eigenvalue weighted by Crippen LogP contribution is -2.40. The van der Waals surface area contributed by atoms with Crippen molar-refractivity contribution >= 4 is 35.8 Å². The zero-order chi connectivity index (χ0) is 22.2. The minimum atomic E-state index is -0.416. The number of nitrogens with one attached hydrogen (secondary N) is 1. The summed E-state index contributed by atoms with van der Waals surface area (Å²) in [6.45, 7) is 5.29. The van der Waals surface area contributed by atoms with Crippen LogP contribution >= 0.6 is 0 Å². The molecule has 4 rings (SSSR count). The van der Waals surface area contributed by atoms with Crippen LogP contribution in [0.15, 0.2) is 35.4 Å². The first kappa shape index (κ1) is 21.6. The van der Waals surface area contributed by atoms with Gasteiger partial charge in [-0.05, 0) is 18.2 Å². The molecule has 2 fully saturated rings. The molecule has 1 aromatic heterocycles. The molecule has 0 spiro atoms. The van der Waals surface area contributed by atoms with Crippen molar-refractivity contribution in [2.45, 2.75) is 0 Å². The van der Waals surface area contributed by atoms with Crippen LogP contribution in [0.4, 0.5) is 23.5 Å². The Kier molecular flexibility index (Phi) is 7.15. The van der Waals surface area contributed by atoms with Gasteiger partial charge in [-0.1, -0.05) is 12.1 Å². The number of anilines is 3. The number of hydrogen-bond acceptors (Lipinski definition) is 11. The molecule has 3 heterocycles. The van der Waals surface area contributed by atoms with Gasteiger partial charge in [-0.3, -0.25) is 10.1 Å². The first-order chi connectivity index (χ1) is 15.7. The molecule has 0 saturated carbocycles. The Hall–Kier alpha value is -3.64. The number of para-hydroxylation sites is 1. The average Bonchev–Trinajstić information content (AvgIpc) is 2.85. The van der Waals surface area contributed by atoms with E-state index in [1.54, 1.807) is 30.4 Å². The summed E-state index contributed by atoms with van der Waals surface area (Å²) in [5.41, 5.74) is 3.36. The maximum Gasteiger partial charge on any atom is 0.276 e. The highest BCUT2D eigenvalue weighted by atomic mass is 16.6. The Morgan fingerprint density at radius 2 is 1.56 bits per heavy atom. The van der Waals surface area contributed by atoms with E-state index in [1.165, 1.54) is 12.3 Å². The Morgan fingerprint density at radius 3 is 2.16 bits per heavy atom. The summed E-state index contributed by atoms with van der Waals surface area (Å²) in [5.74, 6) is 1.45. The summed E-state index contributed by atoms with van der Waals surface area (Å²) in [6.07, 6.45) is 4.72. The van der Waals surface area contributed by atoms with Gasteiger partial charge < -0.3 is 19.3 Å². The number of ether oxygens (including phenoxy) is 2. The third-order valence-electron chi connectivity index (χ3n) is 4.93. The molecule has 2 aliphatic heterocycles. The lowest BCUT2D eigenvalue weighted by molar-refractivity contribution is -0.385. The highest BCUT2D eigenvalue weighted by Crippen LogP contribution is 2.20. The van der Waals surface area contributed by atoms with Crippen LogP contribution < -0.4 is 15.2 Å². The molecule has 0 atom stereocenters. The van der Waals surface area contributed by atoms with Crippen LogP contribution in [-0.4, -0.2) is 78.7 Å². The number of benzene rings is 1. The van der Waals surface area contributed by atoms with E-state index in [9.17, 15) is 10.1 Å². The van der Waals surface area contributed by atoms with Crippen LogP contribution in [0.2, 0.25) is 0 Å². The largest absolute Gasteiger partial charge is 0.378 e. The average molecular weight is 440 g/mol. The number of hydrogen-bond donors (Lipinski definition) is 1. The van der Waals surface area contributed by atoms with Crippen molar-refractivity contribution in [3.63, 3.8) is 0 Å². The number of rotatable bonds is 7. The molecular weight excluding hydrogens is 416 g/mol. The van der Waals surface area contributed by atoms with Crippen molar-refractivity contribution in [2.24, 2.45) is 5.10 Å². The molecule has 12 nitrogen and oxygen atoms in total. The van der Waals surface area contributed by atoms with E-state index in [0.717, 1.165) is 0 Å². The third-order valence-corrected chi connectivity index (χ3v) is 4.93. The minimum Gasteiger partial charge on any atom is -0.378 e. The summed E-state index contributed by atoms with van der Waals surface area (Å²) in [7, 11) is 0. The number of morpholine rings is 2. The van der Waals surface area contributed by atoms with Crippen molar-refractivity contribution < 1.29 is 14.4 Å². The topological polar surface area (TPSA) is 131 Å². The van der Waals surface area contributed by atoms with E-state index >= 15 is 0 Å². The molecule has 1 aromatic carbocycles. The molecule has 2 saturated heterocycles. The van der Waals surface area contributed by atoms with E-state index in [2.05, 4.69) is 35.3 Å². The van der Waals surface area contributed by atoms with Crippen LogP contribution in [0.5, 0.6) is 0 Å². The fourth-order valence-electron chi connectivity index (χ4n) is 3.29. The fraction of sp³-hybridized carbons (Fsp3) is 0.400. The molecule has 12 heteroatoms. The second-order valence-corrected chi connectivity index (χ2v) is 7.02. The van der Waals surface area contributed by atoms with E-state index < -0.39 is 4.92 Å². The number of allylic oxidation sites excluding steroid dienone is 1. The van der Waals surface area contributed by atoms with Gasteiger partial charge >= 0.3 is 0 Å². The molecule has 2 aromatic rings. The summed E-state index contributed by atoms with van der Waals surface area (Å²) in [5, 5.41) is 15.2. The maximum atomic E-state index is 11.1. The van der Waals surface area contributed by atoms with Crippen LogP contribution in [0, 0.1) is 10.1 Å². The van der Waals surface area contributed by atoms with Gasteiger partial charge in [0.1, 0.15) is 0 Å². The van der Waals surface area contributed by atoms with Crippen LogP contribution in [0.3, 0.4) is 0 Å². The molecule has 0 amide bonds. The van der Waals surface area contributed by atoms with Gasteiger partial charge in [-0.25, -0.2) is 5.43 Å². The normalized spacial score (nSPS) is 17.2. The zero-order valence-electron chi connectivity index (χ0n) is 17.5. The van der Waals surface area contributed by atoms with Gasteiger partial charge in [0.2, 0.25) is 17.8 Å². The first-order valence-electron chi connectivity index (χ1n) is 10.3. The van der Waals surface area contributed by atoms with Crippen molar-refractivity contribution in [2.75, 3.05) is 67.8 Å². The summed E-state index contributed by atoms with van der Waals surface area (Å²) in [6, 6.07) is 6.50. The standard InChI is InChI=1S/C20H24N8O4/c29-28(30)17-6-2-1-4-16(17)5-3-7-21-25-18-22-19(26-8-12-31-13-9-26)24-20(23-18)27-10-14-32-15-11-27/h1-7H,8-15H2,(H,22,23,24,25)/b5-3+,21-7-. The van der Waals surface area contributed by atoms with E-state index in [4.69, 9.17) is 9.47 Å². The van der Waals surface area contributed by atoms with Gasteiger partial charge in [0, 0.05) is 38.5 Å². The lowest BCUT2D eigenvalue weighted by Gasteiger charge is -2.30. The van der Waals surface area contributed by atoms with Crippen LogP contribution in [0.25, 0.3) is 6.08 Å². The van der Waals surface area contributed by atoms with E-state index in [-0.39, 0.29) is 5.69 Å². The van der Waals surface area contributed by atoms with Gasteiger partial charge in [0.15, 0.2) is 0 Å². The van der Waals surface area contributed by atoms with Crippen molar-refractivity contribution in [1.29, 1.82) is 0 Å². The van der Waals surface area contributed by atoms with Gasteiger partial charge in [0.25, 0.3) is 5.69 Å². The predicted molar refractivity (Wildman–Crippen MR) is 120 cm³/mol. The lowest BCUT2D eigenvalue weighted by atomic mass is 10.2. The molecule has 0 bridgehead atoms. The summed E-state index contributed by atoms with van der Waals surface area (Å²) < 4.78 is 10.8. The van der Waals surface area contributed by atoms with Crippen LogP contribution in [0.1, 0.15) is 5.56 Å². The quantitative estimate of drug-likeness (QED) is 0.384. The number of aromatic nitrogens is 3. The summed E-state index contributed by atoms with van der Waals surface area (Å²) in [4.78, 5) is 28.4. The minimum absolute atomic E-state index is 0.0351. The second kappa shape index (κ2) is 10.6. The molecule has 0 unspecified atom stereocenters. The Labute approximate surface area is 184 Å². The number of nitrogens with zero attached hydrogens (tertiary/aromatic N) is 7. The molecule has 1 N–H and O–H groups in total. The molecule has 0 aliphatic carbocycles. The molecular formula is C20H24N8O4. The Balaban J connectivity index is 1.48. The molecule has 2 aliphatic rings. The predicted octanol–water partition coefficient (Wildman–Crippen LogP) is 1.56. The van der Waals surface area contributed by atoms with E-state index in [0.29, 0.717) is 76.0 Å². The van der Waals surface area contributed by atoms with Gasteiger partial charge in [0.05, 0.1) is 36.9 Å². The number of nitro benzene ring substituents is 1. The molecule has 0 radical (unpaired) electrons. The monoisotopic (exact) mass is 440 g/mol. The SMILES string of the molecule is O=[N+]([O-])c1ccccc1/C=C/C=N\Nc1nc(N2CCOCC2)nc(N2CCOCC2)n1. The first-order valence-corrected chi connectivity index (χ1v) is 10.3.